The number of carbonyl (C=O) groups excluding carboxylic acids is 2. The third kappa shape index (κ3) is 5.56. The van der Waals surface area contributed by atoms with Gasteiger partial charge in [0, 0.05) is 30.5 Å². The van der Waals surface area contributed by atoms with Crippen LogP contribution in [0, 0.1) is 5.92 Å². The lowest BCUT2D eigenvalue weighted by molar-refractivity contribution is -0.116. The van der Waals surface area contributed by atoms with Crippen LogP contribution in [0.4, 0.5) is 5.69 Å². The average Bonchev–Trinajstić information content (AvgIpc) is 2.74. The highest BCUT2D eigenvalue weighted by Gasteiger charge is 2.17. The van der Waals surface area contributed by atoms with Crippen molar-refractivity contribution in [2.45, 2.75) is 51.9 Å². The minimum Gasteiger partial charge on any atom is -0.352 e. The van der Waals surface area contributed by atoms with E-state index < -0.39 is 0 Å². The molecule has 0 aliphatic heterocycles. The van der Waals surface area contributed by atoms with E-state index in [1.54, 1.807) is 42.6 Å². The predicted molar refractivity (Wildman–Crippen MR) is 114 cm³/mol. The number of nitrogens with zero attached hydrogens (tertiary/aromatic N) is 1. The average molecular weight is 396 g/mol. The van der Waals surface area contributed by atoms with Crippen LogP contribution >= 0.6 is 0 Å². The van der Waals surface area contributed by atoms with Gasteiger partial charge in [0.1, 0.15) is 5.56 Å². The minimum atomic E-state index is -0.351. The van der Waals surface area contributed by atoms with Crippen LogP contribution in [-0.4, -0.2) is 22.9 Å². The van der Waals surface area contributed by atoms with E-state index >= 15 is 0 Å². The molecule has 6 nitrogen and oxygen atoms in total. The SMILES string of the molecule is CCCC(=O)Nc1ccc(-n2cccc(C(=O)NCC3CCCCC3)c2=O)cc1. The summed E-state index contributed by atoms with van der Waals surface area (Å²) in [6.45, 7) is 2.58. The van der Waals surface area contributed by atoms with Crippen molar-refractivity contribution in [1.29, 1.82) is 0 Å². The summed E-state index contributed by atoms with van der Waals surface area (Å²) in [4.78, 5) is 37.1. The summed E-state index contributed by atoms with van der Waals surface area (Å²) in [6.07, 6.45) is 8.88. The van der Waals surface area contributed by atoms with Crippen LogP contribution in [0.15, 0.2) is 47.4 Å². The fourth-order valence-electron chi connectivity index (χ4n) is 3.75. The van der Waals surface area contributed by atoms with Crippen LogP contribution in [0.2, 0.25) is 0 Å². The zero-order valence-electron chi connectivity index (χ0n) is 16.9. The lowest BCUT2D eigenvalue weighted by Crippen LogP contribution is -2.35. The fraction of sp³-hybridized carbons (Fsp3) is 0.435. The smallest absolute Gasteiger partial charge is 0.267 e. The fourth-order valence-corrected chi connectivity index (χ4v) is 3.75. The predicted octanol–water partition coefficient (Wildman–Crippen LogP) is 3.89. The van der Waals surface area contributed by atoms with Crippen molar-refractivity contribution in [2.75, 3.05) is 11.9 Å². The molecule has 154 valence electrons. The molecule has 3 rings (SSSR count). The van der Waals surface area contributed by atoms with Crippen molar-refractivity contribution in [1.82, 2.24) is 9.88 Å². The van der Waals surface area contributed by atoms with E-state index in [4.69, 9.17) is 0 Å². The molecule has 0 spiro atoms. The number of nitrogens with one attached hydrogen (secondary N) is 2. The Morgan fingerprint density at radius 1 is 1.07 bits per heavy atom. The molecule has 0 saturated heterocycles. The molecule has 0 radical (unpaired) electrons. The Morgan fingerprint density at radius 3 is 2.48 bits per heavy atom. The zero-order chi connectivity index (χ0) is 20.6. The topological polar surface area (TPSA) is 80.2 Å². The van der Waals surface area contributed by atoms with Crippen LogP contribution in [0.3, 0.4) is 0 Å². The molecular weight excluding hydrogens is 366 g/mol. The van der Waals surface area contributed by atoms with E-state index in [2.05, 4.69) is 10.6 Å². The van der Waals surface area contributed by atoms with E-state index in [-0.39, 0.29) is 22.9 Å². The molecule has 1 aromatic carbocycles. The third-order valence-corrected chi connectivity index (χ3v) is 5.37. The molecule has 0 bridgehead atoms. The van der Waals surface area contributed by atoms with Gasteiger partial charge in [0.05, 0.1) is 0 Å². The molecule has 6 heteroatoms. The van der Waals surface area contributed by atoms with E-state index in [1.165, 1.54) is 23.8 Å². The Morgan fingerprint density at radius 2 is 1.79 bits per heavy atom. The molecular formula is C23H29N3O3. The highest BCUT2D eigenvalue weighted by atomic mass is 16.2. The van der Waals surface area contributed by atoms with Gasteiger partial charge in [-0.15, -0.1) is 0 Å². The Labute approximate surface area is 171 Å². The van der Waals surface area contributed by atoms with Crippen molar-refractivity contribution in [3.05, 3.63) is 58.5 Å². The van der Waals surface area contributed by atoms with Gasteiger partial charge in [0.25, 0.3) is 11.5 Å². The molecule has 1 aliphatic rings. The second kappa shape index (κ2) is 10.0. The van der Waals surface area contributed by atoms with E-state index in [1.807, 2.05) is 6.92 Å². The maximum Gasteiger partial charge on any atom is 0.267 e. The summed E-state index contributed by atoms with van der Waals surface area (Å²) >= 11 is 0. The van der Waals surface area contributed by atoms with Gasteiger partial charge in [-0.2, -0.15) is 0 Å². The second-order valence-electron chi connectivity index (χ2n) is 7.66. The van der Waals surface area contributed by atoms with Crippen LogP contribution in [0.1, 0.15) is 62.2 Å². The van der Waals surface area contributed by atoms with Crippen molar-refractivity contribution in [2.24, 2.45) is 5.92 Å². The van der Waals surface area contributed by atoms with Gasteiger partial charge < -0.3 is 10.6 Å². The van der Waals surface area contributed by atoms with Gasteiger partial charge >= 0.3 is 0 Å². The minimum absolute atomic E-state index is 0.0333. The Hall–Kier alpha value is -2.89. The quantitative estimate of drug-likeness (QED) is 0.746. The zero-order valence-corrected chi connectivity index (χ0v) is 16.9. The maximum atomic E-state index is 12.8. The summed E-state index contributed by atoms with van der Waals surface area (Å²) in [5.74, 6) is 0.154. The number of amides is 2. The van der Waals surface area contributed by atoms with E-state index in [0.717, 1.165) is 19.3 Å². The van der Waals surface area contributed by atoms with Gasteiger partial charge in [0.2, 0.25) is 5.91 Å². The van der Waals surface area contributed by atoms with E-state index in [0.29, 0.717) is 30.3 Å². The molecule has 1 fully saturated rings. The normalized spacial score (nSPS) is 14.4. The molecule has 29 heavy (non-hydrogen) atoms. The van der Waals surface area contributed by atoms with Crippen molar-refractivity contribution < 1.29 is 9.59 Å². The number of aromatic nitrogens is 1. The standard InChI is InChI=1S/C23H29N3O3/c1-2-7-21(27)25-18-11-13-19(14-12-18)26-15-6-10-20(23(26)29)22(28)24-16-17-8-4-3-5-9-17/h6,10-15,17H,2-5,7-9,16H2,1H3,(H,24,28)(H,25,27). The number of carbonyl (C=O) groups is 2. The maximum absolute atomic E-state index is 12.8. The Bertz CT molecular complexity index is 896. The molecule has 1 aliphatic carbocycles. The largest absolute Gasteiger partial charge is 0.352 e. The first-order valence-electron chi connectivity index (χ1n) is 10.5. The lowest BCUT2D eigenvalue weighted by Gasteiger charge is -2.21. The van der Waals surface area contributed by atoms with Gasteiger partial charge in [0.15, 0.2) is 0 Å². The summed E-state index contributed by atoms with van der Waals surface area (Å²) in [5, 5.41) is 5.75. The van der Waals surface area contributed by atoms with Crippen molar-refractivity contribution in [3.8, 4) is 5.69 Å². The number of anilines is 1. The number of rotatable bonds is 7. The Balaban J connectivity index is 1.70. The summed E-state index contributed by atoms with van der Waals surface area (Å²) in [7, 11) is 0. The van der Waals surface area contributed by atoms with E-state index in [9.17, 15) is 14.4 Å². The molecule has 2 N–H and O–H groups in total. The summed E-state index contributed by atoms with van der Waals surface area (Å²) < 4.78 is 1.45. The molecule has 0 atom stereocenters. The first kappa shape index (κ1) is 20.8. The molecule has 2 aromatic rings. The lowest BCUT2D eigenvalue weighted by atomic mass is 9.89. The van der Waals surface area contributed by atoms with Gasteiger partial charge in [-0.05, 0) is 61.6 Å². The van der Waals surface area contributed by atoms with Gasteiger partial charge in [-0.25, -0.2) is 0 Å². The molecule has 1 heterocycles. The summed E-state index contributed by atoms with van der Waals surface area (Å²) in [6, 6.07) is 10.3. The molecule has 1 aromatic heterocycles. The highest BCUT2D eigenvalue weighted by Crippen LogP contribution is 2.22. The first-order valence-corrected chi connectivity index (χ1v) is 10.5. The van der Waals surface area contributed by atoms with Gasteiger partial charge in [-0.3, -0.25) is 19.0 Å². The second-order valence-corrected chi connectivity index (χ2v) is 7.66. The number of pyridine rings is 1. The van der Waals surface area contributed by atoms with Gasteiger partial charge in [-0.1, -0.05) is 26.2 Å². The monoisotopic (exact) mass is 395 g/mol. The molecule has 1 saturated carbocycles. The molecule has 0 unspecified atom stereocenters. The third-order valence-electron chi connectivity index (χ3n) is 5.37. The number of benzene rings is 1. The highest BCUT2D eigenvalue weighted by molar-refractivity contribution is 5.94. The first-order chi connectivity index (χ1) is 14.1. The Kier molecular flexibility index (Phi) is 7.22. The van der Waals surface area contributed by atoms with Crippen LogP contribution < -0.4 is 16.2 Å². The summed E-state index contributed by atoms with van der Waals surface area (Å²) in [5.41, 5.74) is 1.12. The van der Waals surface area contributed by atoms with Crippen molar-refractivity contribution >= 4 is 17.5 Å². The van der Waals surface area contributed by atoms with Crippen molar-refractivity contribution in [3.63, 3.8) is 0 Å². The number of hydrogen-bond donors (Lipinski definition) is 2. The molecule has 2 amide bonds. The van der Waals surface area contributed by atoms with Crippen LogP contribution in [0.25, 0.3) is 5.69 Å². The number of hydrogen-bond acceptors (Lipinski definition) is 3. The van der Waals surface area contributed by atoms with Crippen LogP contribution in [0.5, 0.6) is 0 Å². The van der Waals surface area contributed by atoms with Crippen LogP contribution in [-0.2, 0) is 4.79 Å².